The van der Waals surface area contributed by atoms with Crippen molar-refractivity contribution in [1.29, 1.82) is 0 Å². The van der Waals surface area contributed by atoms with Gasteiger partial charge in [-0.2, -0.15) is 0 Å². The zero-order valence-corrected chi connectivity index (χ0v) is 13.7. The fraction of sp³-hybridized carbons (Fsp3) is 0.267. The number of carboxylic acid groups (broad SMARTS) is 1. The third-order valence-corrected chi connectivity index (χ3v) is 3.36. The van der Waals surface area contributed by atoms with Crippen LogP contribution in [0, 0.1) is 6.92 Å². The van der Waals surface area contributed by atoms with E-state index in [4.69, 9.17) is 4.74 Å². The van der Waals surface area contributed by atoms with E-state index in [1.807, 2.05) is 37.3 Å². The summed E-state index contributed by atoms with van der Waals surface area (Å²) in [5.41, 5.74) is 1.78. The Bertz CT molecular complexity index is 608. The van der Waals surface area contributed by atoms with Crippen LogP contribution < -0.4 is 39.4 Å². The Morgan fingerprint density at radius 1 is 1.26 bits per heavy atom. The Hall–Kier alpha value is -1.03. The van der Waals surface area contributed by atoms with E-state index in [-0.39, 0.29) is 29.6 Å². The summed E-state index contributed by atoms with van der Waals surface area (Å²) in [5.74, 6) is -0.856. The fourth-order valence-corrected chi connectivity index (χ4v) is 2.20. The number of carbonyl (C=O) groups is 1. The van der Waals surface area contributed by atoms with Crippen LogP contribution in [-0.4, -0.2) is 13.1 Å². The van der Waals surface area contributed by atoms with Crippen molar-refractivity contribution in [3.05, 3.63) is 41.5 Å². The van der Waals surface area contributed by atoms with Crippen LogP contribution in [0.3, 0.4) is 0 Å². The van der Waals surface area contributed by atoms with E-state index < -0.39 is 11.9 Å². The minimum atomic E-state index is -1.05. The molecule has 0 saturated carbocycles. The topological polar surface area (TPSA) is 49.4 Å². The normalized spacial score (nSPS) is 11.7. The molecule has 4 heteroatoms. The molecule has 0 heterocycles. The summed E-state index contributed by atoms with van der Waals surface area (Å²) < 4.78 is 5.17. The molecule has 0 aliphatic carbocycles. The molecule has 19 heavy (non-hydrogen) atoms. The van der Waals surface area contributed by atoms with Gasteiger partial charge in [0.2, 0.25) is 0 Å². The molecule has 0 aromatic heterocycles. The second-order valence-electron chi connectivity index (χ2n) is 4.41. The summed E-state index contributed by atoms with van der Waals surface area (Å²) in [6.07, 6.45) is 0. The summed E-state index contributed by atoms with van der Waals surface area (Å²) >= 11 is 0. The third kappa shape index (κ3) is 3.11. The van der Waals surface area contributed by atoms with Gasteiger partial charge >= 0.3 is 29.6 Å². The van der Waals surface area contributed by atoms with E-state index in [1.54, 1.807) is 14.0 Å². The van der Waals surface area contributed by atoms with Gasteiger partial charge in [0.15, 0.2) is 0 Å². The molecule has 2 rings (SSSR count). The van der Waals surface area contributed by atoms with Gasteiger partial charge < -0.3 is 14.6 Å². The quantitative estimate of drug-likeness (QED) is 0.671. The molecule has 0 bridgehead atoms. The van der Waals surface area contributed by atoms with Gasteiger partial charge in [-0.05, 0) is 41.0 Å². The largest absolute Gasteiger partial charge is 1.00 e. The smallest absolute Gasteiger partial charge is 0.550 e. The Kier molecular flexibility index (Phi) is 5.41. The molecule has 0 fully saturated rings. The fourth-order valence-electron chi connectivity index (χ4n) is 2.20. The molecule has 2 aromatic rings. The molecule has 0 N–H and O–H groups in total. The van der Waals surface area contributed by atoms with E-state index in [0.717, 1.165) is 27.6 Å². The van der Waals surface area contributed by atoms with Crippen LogP contribution in [0.1, 0.15) is 24.0 Å². The van der Waals surface area contributed by atoms with E-state index in [9.17, 15) is 9.90 Å². The second-order valence-corrected chi connectivity index (χ2v) is 4.41. The van der Waals surface area contributed by atoms with Gasteiger partial charge in [0.25, 0.3) is 0 Å². The maximum Gasteiger partial charge on any atom is 1.00 e. The van der Waals surface area contributed by atoms with Crippen LogP contribution in [0.2, 0.25) is 0 Å². The van der Waals surface area contributed by atoms with Crippen molar-refractivity contribution < 1.29 is 44.2 Å². The number of hydrogen-bond donors (Lipinski definition) is 0. The molecule has 2 aromatic carbocycles. The molecule has 0 saturated heterocycles. The average molecular weight is 266 g/mol. The Morgan fingerprint density at radius 2 is 1.95 bits per heavy atom. The number of carboxylic acids is 1. The van der Waals surface area contributed by atoms with Crippen molar-refractivity contribution in [2.24, 2.45) is 0 Å². The summed E-state index contributed by atoms with van der Waals surface area (Å²) in [6.45, 7) is 3.58. The zero-order valence-electron chi connectivity index (χ0n) is 11.7. The molecule has 0 amide bonds. The maximum atomic E-state index is 11.0. The first-order valence-corrected chi connectivity index (χ1v) is 5.82. The average Bonchev–Trinajstić information content (AvgIpc) is 2.37. The van der Waals surface area contributed by atoms with Crippen molar-refractivity contribution in [2.45, 2.75) is 19.8 Å². The SMILES string of the molecule is COc1ccc2c(C)c(C(C)C(=O)[O-])ccc2c1.[Na+]. The summed E-state index contributed by atoms with van der Waals surface area (Å²) in [5, 5.41) is 13.0. The molecule has 0 aliphatic heterocycles. The monoisotopic (exact) mass is 266 g/mol. The van der Waals surface area contributed by atoms with E-state index in [0.29, 0.717) is 0 Å². The molecule has 94 valence electrons. The molecule has 1 atom stereocenters. The van der Waals surface area contributed by atoms with E-state index in [2.05, 4.69) is 0 Å². The zero-order chi connectivity index (χ0) is 13.3. The number of fused-ring (bicyclic) bond motifs is 1. The molecule has 0 radical (unpaired) electrons. The van der Waals surface area contributed by atoms with Crippen molar-refractivity contribution >= 4 is 16.7 Å². The Balaban J connectivity index is 0.00000180. The number of aliphatic carboxylic acids is 1. The van der Waals surface area contributed by atoms with Crippen LogP contribution in [0.5, 0.6) is 5.75 Å². The van der Waals surface area contributed by atoms with Crippen molar-refractivity contribution in [1.82, 2.24) is 0 Å². The van der Waals surface area contributed by atoms with Crippen LogP contribution in [0.25, 0.3) is 10.8 Å². The van der Waals surface area contributed by atoms with Crippen LogP contribution >= 0.6 is 0 Å². The van der Waals surface area contributed by atoms with Crippen LogP contribution in [0.15, 0.2) is 30.3 Å². The minimum absolute atomic E-state index is 0. The summed E-state index contributed by atoms with van der Waals surface area (Å²) in [4.78, 5) is 11.0. The standard InChI is InChI=1S/C15H16O3.Na/c1-9-13(10(2)15(16)17)6-4-11-8-12(18-3)5-7-14(9)11;/h4-8,10H,1-3H3,(H,16,17);/q;+1/p-1. The number of aryl methyl sites for hydroxylation is 1. The summed E-state index contributed by atoms with van der Waals surface area (Å²) in [6, 6.07) is 9.53. The van der Waals surface area contributed by atoms with Crippen molar-refractivity contribution in [3.8, 4) is 5.75 Å². The first-order valence-electron chi connectivity index (χ1n) is 5.82. The van der Waals surface area contributed by atoms with Gasteiger partial charge in [0.1, 0.15) is 5.75 Å². The van der Waals surface area contributed by atoms with Gasteiger partial charge in [0, 0.05) is 11.9 Å². The van der Waals surface area contributed by atoms with E-state index in [1.165, 1.54) is 0 Å². The molecule has 1 unspecified atom stereocenters. The number of rotatable bonds is 3. The van der Waals surface area contributed by atoms with Gasteiger partial charge in [-0.15, -0.1) is 0 Å². The number of methoxy groups -OCH3 is 1. The van der Waals surface area contributed by atoms with Crippen LogP contribution in [-0.2, 0) is 4.79 Å². The first kappa shape index (κ1) is 16.0. The maximum absolute atomic E-state index is 11.0. The van der Waals surface area contributed by atoms with Crippen molar-refractivity contribution in [3.63, 3.8) is 0 Å². The molecule has 3 nitrogen and oxygen atoms in total. The molecule has 0 aliphatic rings. The first-order chi connectivity index (χ1) is 8.54. The summed E-state index contributed by atoms with van der Waals surface area (Å²) in [7, 11) is 1.63. The Morgan fingerprint density at radius 3 is 2.53 bits per heavy atom. The predicted octanol–water partition coefficient (Wildman–Crippen LogP) is -0.986. The second kappa shape index (κ2) is 6.42. The predicted molar refractivity (Wildman–Crippen MR) is 68.7 cm³/mol. The Labute approximate surface area is 134 Å². The number of benzene rings is 2. The molecular formula is C15H15NaO3. The van der Waals surface area contributed by atoms with Gasteiger partial charge in [-0.3, -0.25) is 0 Å². The number of carbonyl (C=O) groups excluding carboxylic acids is 1. The molecular weight excluding hydrogens is 251 g/mol. The van der Waals surface area contributed by atoms with E-state index >= 15 is 0 Å². The van der Waals surface area contributed by atoms with Crippen LogP contribution in [0.4, 0.5) is 0 Å². The molecule has 0 spiro atoms. The van der Waals surface area contributed by atoms with Gasteiger partial charge in [-0.1, -0.05) is 25.1 Å². The number of hydrogen-bond acceptors (Lipinski definition) is 3. The van der Waals surface area contributed by atoms with Crippen molar-refractivity contribution in [2.75, 3.05) is 7.11 Å². The van der Waals surface area contributed by atoms with Gasteiger partial charge in [-0.25, -0.2) is 0 Å². The van der Waals surface area contributed by atoms with Gasteiger partial charge in [0.05, 0.1) is 7.11 Å². The minimum Gasteiger partial charge on any atom is -0.550 e. The third-order valence-electron chi connectivity index (χ3n) is 3.36. The number of ether oxygens (including phenoxy) is 1.